The molecule has 5 heteroatoms. The lowest BCUT2D eigenvalue weighted by atomic mass is 10.2. The summed E-state index contributed by atoms with van der Waals surface area (Å²) >= 11 is 0. The summed E-state index contributed by atoms with van der Waals surface area (Å²) in [7, 11) is -2.56. The first-order valence-corrected chi connectivity index (χ1v) is 10.8. The second kappa shape index (κ2) is 7.56. The molecule has 0 aromatic heterocycles. The van der Waals surface area contributed by atoms with E-state index in [2.05, 4.69) is 74.3 Å². The molecule has 0 bridgehead atoms. The van der Waals surface area contributed by atoms with Gasteiger partial charge in [0.15, 0.2) is 0 Å². The highest BCUT2D eigenvalue weighted by Gasteiger charge is 2.50. The third kappa shape index (κ3) is 3.64. The van der Waals surface area contributed by atoms with Crippen molar-refractivity contribution in [3.63, 3.8) is 0 Å². The molecule has 1 aliphatic rings. The van der Waals surface area contributed by atoms with Gasteiger partial charge >= 0.3 is 5.97 Å². The van der Waals surface area contributed by atoms with Gasteiger partial charge in [-0.2, -0.15) is 0 Å². The number of hydrogen-bond acceptors (Lipinski definition) is 4. The topological polar surface area (TPSA) is 47.9 Å². The molecule has 0 saturated carbocycles. The van der Waals surface area contributed by atoms with Crippen LogP contribution in [-0.4, -0.2) is 39.8 Å². The van der Waals surface area contributed by atoms with Gasteiger partial charge in [-0.15, -0.1) is 0 Å². The quantitative estimate of drug-likeness (QED) is 0.603. The molecule has 0 aliphatic carbocycles. The monoisotopic (exact) mass is 367 g/mol. The Labute approximate surface area is 156 Å². The van der Waals surface area contributed by atoms with Crippen LogP contribution in [0.3, 0.4) is 0 Å². The number of carbonyl (C=O) groups excluding carboxylic acids is 1. The molecule has 1 atom stereocenters. The van der Waals surface area contributed by atoms with Gasteiger partial charge in [-0.25, -0.2) is 4.79 Å². The third-order valence-corrected chi connectivity index (χ3v) is 9.72. The first-order chi connectivity index (χ1) is 12.4. The summed E-state index contributed by atoms with van der Waals surface area (Å²) in [6, 6.07) is 20.8. The minimum absolute atomic E-state index is 0.0786. The van der Waals surface area contributed by atoms with Crippen molar-refractivity contribution in [1.29, 1.82) is 0 Å². The summed E-state index contributed by atoms with van der Waals surface area (Å²) in [4.78, 5) is 15.5. The Kier molecular flexibility index (Phi) is 5.39. The number of aliphatic imine (C=N–C) groups is 1. The van der Waals surface area contributed by atoms with E-state index in [0.717, 1.165) is 0 Å². The van der Waals surface area contributed by atoms with Crippen molar-refractivity contribution in [2.75, 3.05) is 13.2 Å². The van der Waals surface area contributed by atoms with Crippen molar-refractivity contribution < 1.29 is 14.0 Å². The average molecular weight is 368 g/mol. The van der Waals surface area contributed by atoms with E-state index < -0.39 is 8.32 Å². The lowest BCUT2D eigenvalue weighted by molar-refractivity contribution is -0.136. The Bertz CT molecular complexity index is 729. The molecule has 0 radical (unpaired) electrons. The van der Waals surface area contributed by atoms with Gasteiger partial charge in [0.05, 0.1) is 6.61 Å². The molecule has 2 aromatic rings. The zero-order valence-electron chi connectivity index (χ0n) is 15.5. The molecule has 2 aromatic carbocycles. The van der Waals surface area contributed by atoms with E-state index >= 15 is 0 Å². The van der Waals surface area contributed by atoms with Crippen LogP contribution in [0.2, 0.25) is 5.04 Å². The molecule has 3 rings (SSSR count). The van der Waals surface area contributed by atoms with E-state index in [-0.39, 0.29) is 23.7 Å². The second-order valence-electron chi connectivity index (χ2n) is 7.54. The maximum Gasteiger partial charge on any atom is 0.349 e. The lowest BCUT2D eigenvalue weighted by Gasteiger charge is -2.43. The zero-order valence-corrected chi connectivity index (χ0v) is 16.5. The van der Waals surface area contributed by atoms with Gasteiger partial charge in [-0.3, -0.25) is 4.99 Å². The van der Waals surface area contributed by atoms with Gasteiger partial charge in [0.2, 0.25) is 0 Å². The Balaban J connectivity index is 2.03. The predicted octanol–water partition coefficient (Wildman–Crippen LogP) is 2.56. The van der Waals surface area contributed by atoms with E-state index in [0.29, 0.717) is 6.61 Å². The van der Waals surface area contributed by atoms with E-state index in [1.54, 1.807) is 0 Å². The van der Waals surface area contributed by atoms with Gasteiger partial charge in [-0.05, 0) is 15.4 Å². The smallest absolute Gasteiger partial charge is 0.349 e. The summed E-state index contributed by atoms with van der Waals surface area (Å²) < 4.78 is 11.9. The van der Waals surface area contributed by atoms with Crippen molar-refractivity contribution in [1.82, 2.24) is 0 Å². The zero-order chi connectivity index (χ0) is 18.6. The van der Waals surface area contributed by atoms with Crippen molar-refractivity contribution in [2.24, 2.45) is 4.99 Å². The van der Waals surface area contributed by atoms with Gasteiger partial charge < -0.3 is 9.16 Å². The van der Waals surface area contributed by atoms with Crippen LogP contribution in [0.5, 0.6) is 0 Å². The standard InChI is InChI=1S/C21H25NO3Si/c1-21(2,3)26(18-10-6-4-7-11-18,19-12-8-5-9-13-19)25-16-17-15-24-20(23)14-22-17/h4-14,17H,15-16H2,1-3H3/t17-/m0/s1. The fourth-order valence-electron chi connectivity index (χ4n) is 3.50. The SMILES string of the molecule is CC(C)(C)[Si](OC[C@@H]1COC(=O)C=N1)(c1ccccc1)c1ccccc1. The van der Waals surface area contributed by atoms with Gasteiger partial charge in [0.1, 0.15) is 18.9 Å². The molecule has 0 saturated heterocycles. The lowest BCUT2D eigenvalue weighted by Crippen LogP contribution is -2.67. The first-order valence-electron chi connectivity index (χ1n) is 8.88. The summed E-state index contributed by atoms with van der Waals surface area (Å²) in [6.07, 6.45) is 1.25. The van der Waals surface area contributed by atoms with Crippen LogP contribution < -0.4 is 10.4 Å². The van der Waals surface area contributed by atoms with Gasteiger partial charge in [0, 0.05) is 0 Å². The average Bonchev–Trinajstić information content (AvgIpc) is 2.64. The summed E-state index contributed by atoms with van der Waals surface area (Å²) in [5.74, 6) is -0.383. The second-order valence-corrected chi connectivity index (χ2v) is 11.8. The molecule has 26 heavy (non-hydrogen) atoms. The number of ether oxygens (including phenoxy) is 1. The summed E-state index contributed by atoms with van der Waals surface area (Å²) in [5, 5.41) is 2.39. The van der Waals surface area contributed by atoms with E-state index in [1.807, 2.05) is 12.1 Å². The Hall–Kier alpha value is -2.24. The number of esters is 1. The highest BCUT2D eigenvalue weighted by Crippen LogP contribution is 2.36. The van der Waals surface area contributed by atoms with Crippen LogP contribution >= 0.6 is 0 Å². The molecule has 0 amide bonds. The Morgan fingerprint density at radius 2 is 1.58 bits per heavy atom. The van der Waals surface area contributed by atoms with Crippen molar-refractivity contribution in [3.05, 3.63) is 60.7 Å². The molecule has 136 valence electrons. The Morgan fingerprint density at radius 1 is 1.04 bits per heavy atom. The van der Waals surface area contributed by atoms with Crippen molar-refractivity contribution >= 4 is 30.9 Å². The number of benzene rings is 2. The predicted molar refractivity (Wildman–Crippen MR) is 107 cm³/mol. The van der Waals surface area contributed by atoms with Crippen LogP contribution in [0.4, 0.5) is 0 Å². The molecule has 0 N–H and O–H groups in total. The molecule has 0 unspecified atom stereocenters. The highest BCUT2D eigenvalue weighted by atomic mass is 28.4. The summed E-state index contributed by atoms with van der Waals surface area (Å²) in [5.41, 5.74) is 0. The number of carbonyl (C=O) groups is 1. The molecule has 1 heterocycles. The minimum atomic E-state index is -2.56. The summed E-state index contributed by atoms with van der Waals surface area (Å²) in [6.45, 7) is 7.42. The number of cyclic esters (lactones) is 1. The Morgan fingerprint density at radius 3 is 2.00 bits per heavy atom. The van der Waals surface area contributed by atoms with E-state index in [4.69, 9.17) is 9.16 Å². The maximum atomic E-state index is 11.2. The molecule has 0 spiro atoms. The molecular weight excluding hydrogens is 342 g/mol. The molecular formula is C21H25NO3Si. The number of rotatable bonds is 5. The number of nitrogens with zero attached hydrogens (tertiary/aromatic N) is 1. The van der Waals surface area contributed by atoms with Crippen LogP contribution in [0.25, 0.3) is 0 Å². The maximum absolute atomic E-state index is 11.2. The highest BCUT2D eigenvalue weighted by molar-refractivity contribution is 6.99. The third-order valence-electron chi connectivity index (χ3n) is 4.72. The van der Waals surface area contributed by atoms with Crippen LogP contribution in [-0.2, 0) is 14.0 Å². The van der Waals surface area contributed by atoms with Crippen molar-refractivity contribution in [2.45, 2.75) is 31.9 Å². The fourth-order valence-corrected chi connectivity index (χ4v) is 8.10. The normalized spacial score (nSPS) is 17.8. The fraction of sp³-hybridized carbons (Fsp3) is 0.333. The van der Waals surface area contributed by atoms with E-state index in [1.165, 1.54) is 16.6 Å². The number of hydrogen-bond donors (Lipinski definition) is 0. The van der Waals surface area contributed by atoms with Crippen LogP contribution in [0.1, 0.15) is 20.8 Å². The molecule has 0 fully saturated rings. The van der Waals surface area contributed by atoms with Crippen LogP contribution in [0, 0.1) is 0 Å². The minimum Gasteiger partial charge on any atom is -0.459 e. The van der Waals surface area contributed by atoms with Gasteiger partial charge in [-0.1, -0.05) is 81.4 Å². The largest absolute Gasteiger partial charge is 0.459 e. The first kappa shape index (κ1) is 18.5. The molecule has 4 nitrogen and oxygen atoms in total. The molecule has 1 aliphatic heterocycles. The van der Waals surface area contributed by atoms with Crippen LogP contribution in [0.15, 0.2) is 65.7 Å². The van der Waals surface area contributed by atoms with Gasteiger partial charge in [0.25, 0.3) is 8.32 Å². The van der Waals surface area contributed by atoms with Crippen molar-refractivity contribution in [3.8, 4) is 0 Å². The van der Waals surface area contributed by atoms with E-state index in [9.17, 15) is 4.79 Å².